The van der Waals surface area contributed by atoms with Gasteiger partial charge in [0.25, 0.3) is 0 Å². The number of nitrogens with zero attached hydrogens (tertiary/aromatic N) is 4. The van der Waals surface area contributed by atoms with Gasteiger partial charge in [-0.25, -0.2) is 20.3 Å². The van der Waals surface area contributed by atoms with Gasteiger partial charge in [-0.15, -0.1) is 0 Å². The van der Waals surface area contributed by atoms with Gasteiger partial charge in [0, 0.05) is 45.8 Å². The summed E-state index contributed by atoms with van der Waals surface area (Å²) in [5.74, 6) is 1.20. The molecule has 1 N–H and O–H groups in total. The molecular formula is C22H28F3N5O2. The zero-order valence-electron chi connectivity index (χ0n) is 18.3. The minimum absolute atomic E-state index is 0.0230. The Balaban J connectivity index is 1.49. The lowest BCUT2D eigenvalue weighted by Crippen LogP contribution is -2.43. The number of guanidine groups is 1. The predicted molar refractivity (Wildman–Crippen MR) is 112 cm³/mol. The molecule has 1 spiro atoms. The van der Waals surface area contributed by atoms with Crippen LogP contribution in [0.15, 0.2) is 39.9 Å². The fourth-order valence-electron chi connectivity index (χ4n) is 3.90. The molecule has 0 amide bonds. The second-order valence-corrected chi connectivity index (χ2v) is 8.53. The van der Waals surface area contributed by atoms with Crippen molar-refractivity contribution < 1.29 is 22.4 Å². The Kier molecular flexibility index (Phi) is 6.43. The maximum absolute atomic E-state index is 12.5. The standard InChI is InChI=1S/C22H28F3N5O2/c1-16-26-19(15-31-16)14-30(20-27-21(32-28-20)9-11-29(2)12-10-21)13-18-5-3-17(4-6-18)7-8-22(23,24)25/h3-6,15H,7-14H2,1-2H3,(H,27,28). The number of benzene rings is 1. The minimum atomic E-state index is -4.15. The van der Waals surface area contributed by atoms with Gasteiger partial charge in [-0.2, -0.15) is 13.2 Å². The van der Waals surface area contributed by atoms with Crippen molar-refractivity contribution in [1.29, 1.82) is 0 Å². The van der Waals surface area contributed by atoms with Crippen LogP contribution in [0.25, 0.3) is 0 Å². The minimum Gasteiger partial charge on any atom is -0.449 e. The van der Waals surface area contributed by atoms with Gasteiger partial charge < -0.3 is 14.2 Å². The normalized spacial score (nSPS) is 18.6. The number of hydroxylamine groups is 1. The topological polar surface area (TPSA) is 66.1 Å². The molecule has 1 saturated heterocycles. The molecule has 2 aliphatic rings. The Morgan fingerprint density at radius 3 is 2.44 bits per heavy atom. The number of nitrogens with one attached hydrogen (secondary N) is 1. The lowest BCUT2D eigenvalue weighted by molar-refractivity contribution is -0.134. The van der Waals surface area contributed by atoms with Crippen molar-refractivity contribution in [3.05, 3.63) is 53.2 Å². The average molecular weight is 451 g/mol. The first-order valence-electron chi connectivity index (χ1n) is 10.7. The van der Waals surface area contributed by atoms with Gasteiger partial charge in [-0.05, 0) is 24.6 Å². The molecule has 0 radical (unpaired) electrons. The third-order valence-corrected chi connectivity index (χ3v) is 5.82. The summed E-state index contributed by atoms with van der Waals surface area (Å²) >= 11 is 0. The molecule has 1 aromatic heterocycles. The second-order valence-electron chi connectivity index (χ2n) is 8.53. The quantitative estimate of drug-likeness (QED) is 0.721. The number of alkyl halides is 3. The lowest BCUT2D eigenvalue weighted by Gasteiger charge is -2.33. The van der Waals surface area contributed by atoms with Gasteiger partial charge in [0.2, 0.25) is 5.96 Å². The summed E-state index contributed by atoms with van der Waals surface area (Å²) in [5.41, 5.74) is 4.81. The van der Waals surface area contributed by atoms with Gasteiger partial charge in [-0.1, -0.05) is 24.3 Å². The zero-order valence-corrected chi connectivity index (χ0v) is 18.3. The van der Waals surface area contributed by atoms with E-state index in [-0.39, 0.29) is 6.42 Å². The highest BCUT2D eigenvalue weighted by atomic mass is 19.4. The molecule has 0 saturated carbocycles. The Morgan fingerprint density at radius 1 is 1.12 bits per heavy atom. The number of aliphatic imine (C=N–C) groups is 1. The van der Waals surface area contributed by atoms with Crippen LogP contribution >= 0.6 is 0 Å². The monoisotopic (exact) mass is 451 g/mol. The number of rotatable bonds is 6. The number of oxazole rings is 1. The van der Waals surface area contributed by atoms with Crippen molar-refractivity contribution in [2.45, 2.75) is 57.6 Å². The average Bonchev–Trinajstić information content (AvgIpc) is 3.35. The number of hydrogen-bond acceptors (Lipinski definition) is 7. The summed E-state index contributed by atoms with van der Waals surface area (Å²) in [6.07, 6.45) is -1.79. The van der Waals surface area contributed by atoms with Gasteiger partial charge in [0.15, 0.2) is 11.6 Å². The Morgan fingerprint density at radius 2 is 1.81 bits per heavy atom. The van der Waals surface area contributed by atoms with Crippen molar-refractivity contribution in [2.24, 2.45) is 4.99 Å². The largest absolute Gasteiger partial charge is 0.449 e. The molecular weight excluding hydrogens is 423 g/mol. The molecule has 1 fully saturated rings. The zero-order chi connectivity index (χ0) is 22.8. The van der Waals surface area contributed by atoms with Crippen LogP contribution in [0.5, 0.6) is 0 Å². The van der Waals surface area contributed by atoms with Crippen molar-refractivity contribution in [3.63, 3.8) is 0 Å². The first-order chi connectivity index (χ1) is 15.2. The highest BCUT2D eigenvalue weighted by Gasteiger charge is 2.40. The van der Waals surface area contributed by atoms with E-state index in [1.807, 2.05) is 17.0 Å². The highest BCUT2D eigenvalue weighted by molar-refractivity contribution is 5.80. The van der Waals surface area contributed by atoms with Crippen molar-refractivity contribution in [3.8, 4) is 0 Å². The van der Waals surface area contributed by atoms with E-state index in [0.717, 1.165) is 37.2 Å². The summed E-state index contributed by atoms with van der Waals surface area (Å²) in [6.45, 7) is 4.55. The van der Waals surface area contributed by atoms with Crippen LogP contribution in [0.3, 0.4) is 0 Å². The van der Waals surface area contributed by atoms with Gasteiger partial charge in [0.05, 0.1) is 12.2 Å². The van der Waals surface area contributed by atoms with Crippen LogP contribution in [0.4, 0.5) is 13.2 Å². The third-order valence-electron chi connectivity index (χ3n) is 5.82. The maximum Gasteiger partial charge on any atom is 0.389 e. The lowest BCUT2D eigenvalue weighted by atomic mass is 10.0. The number of halogens is 3. The summed E-state index contributed by atoms with van der Waals surface area (Å²) in [5, 5.41) is 0. The first-order valence-corrected chi connectivity index (χ1v) is 10.7. The van der Waals surface area contributed by atoms with E-state index in [9.17, 15) is 13.2 Å². The van der Waals surface area contributed by atoms with E-state index in [1.54, 1.807) is 25.3 Å². The van der Waals surface area contributed by atoms with Crippen LogP contribution in [-0.2, 0) is 24.3 Å². The fourth-order valence-corrected chi connectivity index (χ4v) is 3.90. The first kappa shape index (κ1) is 22.6. The molecule has 2 aliphatic heterocycles. The SMILES string of the molecule is Cc1nc(CN(Cc2ccc(CCC(F)(F)F)cc2)C2=NC3(CCN(C)CC3)ON2)co1. The van der Waals surface area contributed by atoms with Crippen LogP contribution in [-0.4, -0.2) is 52.8 Å². The van der Waals surface area contributed by atoms with E-state index in [0.29, 0.717) is 30.5 Å². The van der Waals surface area contributed by atoms with Gasteiger partial charge in [-0.3, -0.25) is 0 Å². The molecule has 0 bridgehead atoms. The Hall–Kier alpha value is -2.59. The van der Waals surface area contributed by atoms with Crippen LogP contribution < -0.4 is 5.48 Å². The van der Waals surface area contributed by atoms with Crippen LogP contribution in [0, 0.1) is 6.92 Å². The summed E-state index contributed by atoms with van der Waals surface area (Å²) in [4.78, 5) is 19.5. The molecule has 0 aliphatic carbocycles. The fraction of sp³-hybridized carbons (Fsp3) is 0.545. The van der Waals surface area contributed by atoms with Crippen molar-refractivity contribution in [1.82, 2.24) is 20.3 Å². The molecule has 174 valence electrons. The van der Waals surface area contributed by atoms with E-state index in [4.69, 9.17) is 14.2 Å². The highest BCUT2D eigenvalue weighted by Crippen LogP contribution is 2.30. The van der Waals surface area contributed by atoms with Gasteiger partial charge >= 0.3 is 6.18 Å². The molecule has 0 atom stereocenters. The Bertz CT molecular complexity index is 934. The molecule has 2 aromatic rings. The van der Waals surface area contributed by atoms with E-state index in [2.05, 4.69) is 22.4 Å². The van der Waals surface area contributed by atoms with Crippen LogP contribution in [0.2, 0.25) is 0 Å². The number of aryl methyl sites for hydroxylation is 2. The molecule has 3 heterocycles. The molecule has 10 heteroatoms. The maximum atomic E-state index is 12.5. The Labute approximate surface area is 185 Å². The summed E-state index contributed by atoms with van der Waals surface area (Å²) in [7, 11) is 2.08. The number of aromatic nitrogens is 1. The van der Waals surface area contributed by atoms with Crippen molar-refractivity contribution in [2.75, 3.05) is 20.1 Å². The van der Waals surface area contributed by atoms with E-state index < -0.39 is 18.3 Å². The van der Waals surface area contributed by atoms with Gasteiger partial charge in [0.1, 0.15) is 6.26 Å². The second kappa shape index (κ2) is 9.11. The smallest absolute Gasteiger partial charge is 0.389 e. The molecule has 1 aromatic carbocycles. The molecule has 4 rings (SSSR count). The van der Waals surface area contributed by atoms with E-state index >= 15 is 0 Å². The molecule has 32 heavy (non-hydrogen) atoms. The number of hydrogen-bond donors (Lipinski definition) is 1. The summed E-state index contributed by atoms with van der Waals surface area (Å²) in [6, 6.07) is 7.21. The summed E-state index contributed by atoms with van der Waals surface area (Å²) < 4.78 is 42.8. The third kappa shape index (κ3) is 5.80. The molecule has 0 unspecified atom stereocenters. The predicted octanol–water partition coefficient (Wildman–Crippen LogP) is 3.79. The number of piperidine rings is 1. The van der Waals surface area contributed by atoms with Crippen LogP contribution in [0.1, 0.15) is 42.0 Å². The number of likely N-dealkylation sites (tertiary alicyclic amines) is 1. The molecule has 7 nitrogen and oxygen atoms in total. The van der Waals surface area contributed by atoms with E-state index in [1.165, 1.54) is 0 Å². The van der Waals surface area contributed by atoms with Crippen molar-refractivity contribution >= 4 is 5.96 Å².